The van der Waals surface area contributed by atoms with Crippen LogP contribution in [-0.4, -0.2) is 59.4 Å². The van der Waals surface area contributed by atoms with Crippen LogP contribution in [0.15, 0.2) is 121 Å². The highest BCUT2D eigenvalue weighted by Crippen LogP contribution is 2.20. The summed E-state index contributed by atoms with van der Waals surface area (Å²) in [6, 6.07) is 40.1. The van der Waals surface area contributed by atoms with Crippen molar-refractivity contribution < 1.29 is 19.8 Å². The van der Waals surface area contributed by atoms with E-state index in [9.17, 15) is 9.59 Å². The van der Waals surface area contributed by atoms with E-state index in [1.165, 1.54) is 11.1 Å². The highest BCUT2D eigenvalue weighted by molar-refractivity contribution is 5.69. The lowest BCUT2D eigenvalue weighted by molar-refractivity contribution is -0.137. The van der Waals surface area contributed by atoms with Crippen LogP contribution in [0.3, 0.4) is 0 Å². The molecule has 232 valence electrons. The molecule has 0 amide bonds. The Morgan fingerprint density at radius 3 is 1.23 bits per heavy atom. The highest BCUT2D eigenvalue weighted by atomic mass is 16.4. The molecule has 4 rings (SSSR count). The first kappa shape index (κ1) is 34.2. The first-order chi connectivity index (χ1) is 21.2. The van der Waals surface area contributed by atoms with Gasteiger partial charge in [-0.2, -0.15) is 0 Å². The lowest BCUT2D eigenvalue weighted by Crippen LogP contribution is -2.57. The van der Waals surface area contributed by atoms with Crippen LogP contribution in [-0.2, 0) is 35.3 Å². The third kappa shape index (κ3) is 12.5. The smallest absolute Gasteiger partial charge is 0.317 e. The minimum absolute atomic E-state index is 0.180. The Hall–Kier alpha value is -4.34. The number of rotatable bonds is 16. The summed E-state index contributed by atoms with van der Waals surface area (Å²) in [4.78, 5) is 22.0. The number of nitrogens with two attached hydrogens (primary N) is 2. The number of aliphatic carboxylic acids is 2. The van der Waals surface area contributed by atoms with Crippen molar-refractivity contribution in [2.45, 2.75) is 36.8 Å². The minimum Gasteiger partial charge on any atom is -0.480 e. The zero-order valence-electron chi connectivity index (χ0n) is 25.1. The molecular weight excluding hydrogens is 552 g/mol. The van der Waals surface area contributed by atoms with Crippen molar-refractivity contribution in [2.75, 3.05) is 26.2 Å². The molecule has 0 aliphatic rings. The fourth-order valence-electron chi connectivity index (χ4n) is 5.23. The van der Waals surface area contributed by atoms with E-state index >= 15 is 0 Å². The van der Waals surface area contributed by atoms with Gasteiger partial charge in [-0.05, 0) is 47.9 Å². The van der Waals surface area contributed by atoms with Gasteiger partial charge in [-0.3, -0.25) is 14.9 Å². The molecule has 0 saturated carbocycles. The lowest BCUT2D eigenvalue weighted by atomic mass is 9.84. The van der Waals surface area contributed by atoms with Gasteiger partial charge in [0.05, 0.1) is 13.1 Å². The van der Waals surface area contributed by atoms with Gasteiger partial charge in [-0.25, -0.2) is 0 Å². The monoisotopic (exact) mass is 596 g/mol. The number of nitrogens with one attached hydrogen (secondary N) is 2. The summed E-state index contributed by atoms with van der Waals surface area (Å²) in [6.45, 7) is 0.432. The van der Waals surface area contributed by atoms with Gasteiger partial charge in [-0.15, -0.1) is 0 Å². The Bertz CT molecular complexity index is 1300. The number of carboxylic acids is 2. The lowest BCUT2D eigenvalue weighted by Gasteiger charge is -2.35. The summed E-state index contributed by atoms with van der Waals surface area (Å²) in [7, 11) is 0. The van der Waals surface area contributed by atoms with E-state index in [1.54, 1.807) is 0 Å². The largest absolute Gasteiger partial charge is 0.480 e. The van der Waals surface area contributed by atoms with Crippen molar-refractivity contribution in [3.8, 4) is 0 Å². The van der Waals surface area contributed by atoms with Gasteiger partial charge < -0.3 is 27.0 Å². The third-order valence-electron chi connectivity index (χ3n) is 7.33. The summed E-state index contributed by atoms with van der Waals surface area (Å²) >= 11 is 0. The molecule has 0 radical (unpaired) electrons. The summed E-state index contributed by atoms with van der Waals surface area (Å²) in [5.41, 5.74) is 15.9. The minimum atomic E-state index is -0.950. The molecule has 4 aromatic carbocycles. The average Bonchev–Trinajstić information content (AvgIpc) is 3.02. The SMILES string of the molecule is NCC(N)(Cc1ccccc1)Cc1ccccc1.O=C(O)CNCC(Cc1ccccc1)(Cc1ccccc1)NCC(=O)O. The number of carbonyl (C=O) groups is 2. The number of hydrogen-bond acceptors (Lipinski definition) is 6. The van der Waals surface area contributed by atoms with Gasteiger partial charge in [0.1, 0.15) is 0 Å². The van der Waals surface area contributed by atoms with Crippen molar-refractivity contribution in [3.63, 3.8) is 0 Å². The second-order valence-corrected chi connectivity index (χ2v) is 11.2. The van der Waals surface area contributed by atoms with Crippen molar-refractivity contribution >= 4 is 11.9 Å². The molecule has 0 bridgehead atoms. The van der Waals surface area contributed by atoms with E-state index < -0.39 is 17.5 Å². The van der Waals surface area contributed by atoms with Crippen LogP contribution in [0.1, 0.15) is 22.3 Å². The molecule has 8 heteroatoms. The van der Waals surface area contributed by atoms with Gasteiger partial charge in [0, 0.05) is 24.2 Å². The molecular formula is C36H44N4O4. The van der Waals surface area contributed by atoms with Gasteiger partial charge in [0.2, 0.25) is 0 Å². The molecule has 0 aliphatic carbocycles. The van der Waals surface area contributed by atoms with Crippen LogP contribution in [0.2, 0.25) is 0 Å². The van der Waals surface area contributed by atoms with Crippen LogP contribution in [0.4, 0.5) is 0 Å². The van der Waals surface area contributed by atoms with E-state index in [2.05, 4.69) is 34.9 Å². The van der Waals surface area contributed by atoms with E-state index in [4.69, 9.17) is 21.7 Å². The van der Waals surface area contributed by atoms with Gasteiger partial charge in [0.25, 0.3) is 0 Å². The molecule has 0 aromatic heterocycles. The molecule has 4 aromatic rings. The molecule has 8 N–H and O–H groups in total. The van der Waals surface area contributed by atoms with Gasteiger partial charge in [-0.1, -0.05) is 121 Å². The van der Waals surface area contributed by atoms with Crippen LogP contribution in [0.5, 0.6) is 0 Å². The number of hydrogen-bond donors (Lipinski definition) is 6. The maximum Gasteiger partial charge on any atom is 0.317 e. The fraction of sp³-hybridized carbons (Fsp3) is 0.278. The normalized spacial score (nSPS) is 11.3. The topological polar surface area (TPSA) is 151 Å². The van der Waals surface area contributed by atoms with Crippen LogP contribution < -0.4 is 22.1 Å². The predicted octanol–water partition coefficient (Wildman–Crippen LogP) is 3.69. The Morgan fingerprint density at radius 1 is 0.568 bits per heavy atom. The molecule has 0 atom stereocenters. The Balaban J connectivity index is 0.000000257. The van der Waals surface area contributed by atoms with Crippen molar-refractivity contribution in [3.05, 3.63) is 144 Å². The maximum atomic E-state index is 11.2. The van der Waals surface area contributed by atoms with E-state index in [0.29, 0.717) is 25.9 Å². The first-order valence-corrected chi connectivity index (χ1v) is 14.7. The summed E-state index contributed by atoms with van der Waals surface area (Å²) in [6.07, 6.45) is 2.75. The first-order valence-electron chi connectivity index (χ1n) is 14.7. The zero-order valence-corrected chi connectivity index (χ0v) is 25.1. The predicted molar refractivity (Wildman–Crippen MR) is 175 cm³/mol. The maximum absolute atomic E-state index is 11.2. The molecule has 0 spiro atoms. The van der Waals surface area contributed by atoms with Crippen LogP contribution in [0, 0.1) is 0 Å². The van der Waals surface area contributed by atoms with Crippen molar-refractivity contribution in [2.24, 2.45) is 11.5 Å². The number of benzene rings is 4. The summed E-state index contributed by atoms with van der Waals surface area (Å²) in [5.74, 6) is -1.90. The molecule has 8 nitrogen and oxygen atoms in total. The second-order valence-electron chi connectivity index (χ2n) is 11.2. The zero-order chi connectivity index (χ0) is 31.7. The van der Waals surface area contributed by atoms with Crippen LogP contribution in [0.25, 0.3) is 0 Å². The standard InChI is InChI=1S/C20H24N2O4.C16H20N2/c23-18(24)13-21-15-20(22-14-19(25)26,11-16-7-3-1-4-8-16)12-17-9-5-2-6-10-17;17-13-16(18,11-14-7-3-1-4-8-14)12-15-9-5-2-6-10-15/h1-10,21-22H,11-15H2,(H,23,24)(H,25,26);1-10H,11-13,17-18H2. The molecule has 0 aliphatic heterocycles. The highest BCUT2D eigenvalue weighted by Gasteiger charge is 2.31. The molecule has 0 unspecified atom stereocenters. The van der Waals surface area contributed by atoms with Crippen LogP contribution >= 0.6 is 0 Å². The van der Waals surface area contributed by atoms with Crippen molar-refractivity contribution in [1.82, 2.24) is 10.6 Å². The summed E-state index contributed by atoms with van der Waals surface area (Å²) in [5, 5.41) is 24.2. The Morgan fingerprint density at radius 2 is 0.909 bits per heavy atom. The van der Waals surface area contributed by atoms with E-state index in [1.807, 2.05) is 97.1 Å². The Kier molecular flexibility index (Phi) is 13.7. The van der Waals surface area contributed by atoms with Crippen molar-refractivity contribution in [1.29, 1.82) is 0 Å². The van der Waals surface area contributed by atoms with E-state index in [-0.39, 0.29) is 18.6 Å². The van der Waals surface area contributed by atoms with Gasteiger partial charge >= 0.3 is 11.9 Å². The third-order valence-corrected chi connectivity index (χ3v) is 7.33. The second kappa shape index (κ2) is 17.7. The fourth-order valence-corrected chi connectivity index (χ4v) is 5.23. The summed E-state index contributed by atoms with van der Waals surface area (Å²) < 4.78 is 0. The average molecular weight is 597 g/mol. The molecule has 0 fully saturated rings. The van der Waals surface area contributed by atoms with Gasteiger partial charge in [0.15, 0.2) is 0 Å². The van der Waals surface area contributed by atoms with E-state index in [0.717, 1.165) is 24.0 Å². The molecule has 0 heterocycles. The molecule has 0 saturated heterocycles. The quantitative estimate of drug-likeness (QED) is 0.115. The number of carboxylic acid groups (broad SMARTS) is 2. The Labute approximate surface area is 260 Å². The molecule has 44 heavy (non-hydrogen) atoms.